The zero-order valence-electron chi connectivity index (χ0n) is 15.0. The highest BCUT2D eigenvalue weighted by Crippen LogP contribution is 2.38. The van der Waals surface area contributed by atoms with Crippen LogP contribution in [0.2, 0.25) is 5.02 Å². The first-order valence-electron chi connectivity index (χ1n) is 9.04. The molecule has 0 saturated carbocycles. The fraction of sp³-hybridized carbons (Fsp3) is 0.190. The first-order chi connectivity index (χ1) is 13.6. The van der Waals surface area contributed by atoms with E-state index in [1.807, 2.05) is 0 Å². The summed E-state index contributed by atoms with van der Waals surface area (Å²) in [6.07, 6.45) is 7.17. The molecule has 0 saturated heterocycles. The van der Waals surface area contributed by atoms with Crippen molar-refractivity contribution in [2.45, 2.75) is 25.7 Å². The standard InChI is InChI=1S/C21H18ClN3O2S/c22-14-9-7-13(8-10-14)19(26)25-21-18(16-5-1-2-6-17(16)28-21)20(27)24-15-4-3-11-23-12-15/h3-4,7-12H,1-2,5-6H2,(H,24,27)(H,25,26). The monoisotopic (exact) mass is 411 g/mol. The summed E-state index contributed by atoms with van der Waals surface area (Å²) in [5.74, 6) is -0.482. The Morgan fingerprint density at radius 1 is 1.00 bits per heavy atom. The Morgan fingerprint density at radius 3 is 2.54 bits per heavy atom. The van der Waals surface area contributed by atoms with Crippen molar-refractivity contribution < 1.29 is 9.59 Å². The average molecular weight is 412 g/mol. The Hall–Kier alpha value is -2.70. The summed E-state index contributed by atoms with van der Waals surface area (Å²) in [7, 11) is 0. The molecular formula is C21H18ClN3O2S. The molecule has 0 fully saturated rings. The van der Waals surface area contributed by atoms with E-state index in [0.717, 1.165) is 31.2 Å². The van der Waals surface area contributed by atoms with Gasteiger partial charge in [0.2, 0.25) is 0 Å². The van der Waals surface area contributed by atoms with Crippen LogP contribution in [0.4, 0.5) is 10.7 Å². The van der Waals surface area contributed by atoms with Crippen molar-refractivity contribution in [1.82, 2.24) is 4.98 Å². The van der Waals surface area contributed by atoms with Crippen LogP contribution in [-0.2, 0) is 12.8 Å². The molecule has 5 nitrogen and oxygen atoms in total. The van der Waals surface area contributed by atoms with Crippen molar-refractivity contribution >= 4 is 45.4 Å². The van der Waals surface area contributed by atoms with Gasteiger partial charge in [0, 0.05) is 21.7 Å². The highest BCUT2D eigenvalue weighted by molar-refractivity contribution is 7.17. The van der Waals surface area contributed by atoms with Crippen LogP contribution in [-0.4, -0.2) is 16.8 Å². The maximum Gasteiger partial charge on any atom is 0.259 e. The lowest BCUT2D eigenvalue weighted by Gasteiger charge is -2.13. The van der Waals surface area contributed by atoms with Crippen LogP contribution in [0.1, 0.15) is 44.0 Å². The van der Waals surface area contributed by atoms with Gasteiger partial charge in [-0.1, -0.05) is 11.6 Å². The van der Waals surface area contributed by atoms with E-state index in [9.17, 15) is 9.59 Å². The molecular weight excluding hydrogens is 394 g/mol. The number of carbonyl (C=O) groups is 2. The number of pyridine rings is 1. The van der Waals surface area contributed by atoms with Crippen molar-refractivity contribution in [2.24, 2.45) is 0 Å². The fourth-order valence-corrected chi connectivity index (χ4v) is 4.71. The van der Waals surface area contributed by atoms with Crippen LogP contribution in [0.5, 0.6) is 0 Å². The largest absolute Gasteiger partial charge is 0.320 e. The quantitative estimate of drug-likeness (QED) is 0.621. The molecule has 0 spiro atoms. The van der Waals surface area contributed by atoms with Gasteiger partial charge in [-0.05, 0) is 67.6 Å². The highest BCUT2D eigenvalue weighted by Gasteiger charge is 2.26. The minimum atomic E-state index is -0.259. The summed E-state index contributed by atoms with van der Waals surface area (Å²) in [6.45, 7) is 0. The molecule has 1 aromatic carbocycles. The second kappa shape index (κ2) is 8.12. The number of fused-ring (bicyclic) bond motifs is 1. The van der Waals surface area contributed by atoms with E-state index in [-0.39, 0.29) is 11.8 Å². The number of rotatable bonds is 4. The molecule has 0 atom stereocenters. The smallest absolute Gasteiger partial charge is 0.259 e. The molecule has 1 aliphatic rings. The topological polar surface area (TPSA) is 71.1 Å². The van der Waals surface area contributed by atoms with Crippen LogP contribution in [0.15, 0.2) is 48.8 Å². The van der Waals surface area contributed by atoms with Gasteiger partial charge in [0.1, 0.15) is 5.00 Å². The first kappa shape index (κ1) is 18.7. The number of hydrogen-bond acceptors (Lipinski definition) is 4. The summed E-state index contributed by atoms with van der Waals surface area (Å²) in [4.78, 5) is 30.9. The van der Waals surface area contributed by atoms with Crippen molar-refractivity contribution in [3.8, 4) is 0 Å². The van der Waals surface area contributed by atoms with E-state index < -0.39 is 0 Å². The number of nitrogens with zero attached hydrogens (tertiary/aromatic N) is 1. The number of anilines is 2. The number of aryl methyl sites for hydroxylation is 1. The predicted molar refractivity (Wildman–Crippen MR) is 113 cm³/mol. The molecule has 2 N–H and O–H groups in total. The third-order valence-corrected chi connectivity index (χ3v) is 6.11. The number of halogens is 1. The van der Waals surface area contributed by atoms with Gasteiger partial charge in [0.15, 0.2) is 0 Å². The molecule has 2 aromatic heterocycles. The Labute approximate surface area is 171 Å². The zero-order chi connectivity index (χ0) is 19.5. The van der Waals surface area contributed by atoms with E-state index >= 15 is 0 Å². The fourth-order valence-electron chi connectivity index (χ4n) is 3.30. The number of carbonyl (C=O) groups excluding carboxylic acids is 2. The number of amides is 2. The lowest BCUT2D eigenvalue weighted by molar-refractivity contribution is 0.102. The van der Waals surface area contributed by atoms with Crippen molar-refractivity contribution in [3.05, 3.63) is 75.4 Å². The van der Waals surface area contributed by atoms with Crippen LogP contribution in [0.3, 0.4) is 0 Å². The lowest BCUT2D eigenvalue weighted by Crippen LogP contribution is -2.18. The van der Waals surface area contributed by atoms with Gasteiger partial charge in [0.05, 0.1) is 17.4 Å². The van der Waals surface area contributed by atoms with Crippen LogP contribution in [0.25, 0.3) is 0 Å². The summed E-state index contributed by atoms with van der Waals surface area (Å²) in [5, 5.41) is 6.98. The maximum absolute atomic E-state index is 13.0. The molecule has 3 aromatic rings. The molecule has 0 aliphatic heterocycles. The van der Waals surface area contributed by atoms with E-state index in [1.165, 1.54) is 16.2 Å². The Balaban J connectivity index is 1.65. The predicted octanol–water partition coefficient (Wildman–Crippen LogP) is 5.18. The minimum Gasteiger partial charge on any atom is -0.320 e. The number of nitrogens with one attached hydrogen (secondary N) is 2. The van der Waals surface area contributed by atoms with E-state index in [0.29, 0.717) is 26.8 Å². The van der Waals surface area contributed by atoms with Gasteiger partial charge < -0.3 is 10.6 Å². The molecule has 4 rings (SSSR count). The molecule has 2 amide bonds. The molecule has 0 radical (unpaired) electrons. The molecule has 7 heteroatoms. The lowest BCUT2D eigenvalue weighted by atomic mass is 9.95. The van der Waals surface area contributed by atoms with Crippen molar-refractivity contribution in [2.75, 3.05) is 10.6 Å². The van der Waals surface area contributed by atoms with Gasteiger partial charge in [-0.3, -0.25) is 14.6 Å². The van der Waals surface area contributed by atoms with Gasteiger partial charge in [0.25, 0.3) is 11.8 Å². The van der Waals surface area contributed by atoms with Gasteiger partial charge in [-0.15, -0.1) is 11.3 Å². The molecule has 0 bridgehead atoms. The summed E-state index contributed by atoms with van der Waals surface area (Å²) < 4.78 is 0. The van der Waals surface area contributed by atoms with Crippen molar-refractivity contribution in [1.29, 1.82) is 0 Å². The van der Waals surface area contributed by atoms with Gasteiger partial charge in [-0.2, -0.15) is 0 Å². The normalized spacial score (nSPS) is 12.9. The van der Waals surface area contributed by atoms with E-state index in [1.54, 1.807) is 48.8 Å². The summed E-state index contributed by atoms with van der Waals surface area (Å²) in [5.41, 5.74) is 2.72. The molecule has 0 unspecified atom stereocenters. The first-order valence-corrected chi connectivity index (χ1v) is 10.2. The molecule has 1 aliphatic carbocycles. The second-order valence-electron chi connectivity index (χ2n) is 6.57. The zero-order valence-corrected chi connectivity index (χ0v) is 16.6. The number of hydrogen-bond donors (Lipinski definition) is 2. The second-order valence-corrected chi connectivity index (χ2v) is 8.11. The van der Waals surface area contributed by atoms with Crippen LogP contribution >= 0.6 is 22.9 Å². The maximum atomic E-state index is 13.0. The summed E-state index contributed by atoms with van der Waals surface area (Å²) in [6, 6.07) is 10.2. The molecule has 2 heterocycles. The number of thiophene rings is 1. The van der Waals surface area contributed by atoms with E-state index in [2.05, 4.69) is 15.6 Å². The van der Waals surface area contributed by atoms with Crippen LogP contribution < -0.4 is 10.6 Å². The summed E-state index contributed by atoms with van der Waals surface area (Å²) >= 11 is 7.39. The Morgan fingerprint density at radius 2 is 1.79 bits per heavy atom. The average Bonchev–Trinajstić information content (AvgIpc) is 3.07. The Kier molecular flexibility index (Phi) is 5.41. The van der Waals surface area contributed by atoms with E-state index in [4.69, 9.17) is 11.6 Å². The van der Waals surface area contributed by atoms with Gasteiger partial charge in [-0.25, -0.2) is 0 Å². The molecule has 142 valence electrons. The highest BCUT2D eigenvalue weighted by atomic mass is 35.5. The Bertz CT molecular complexity index is 1020. The number of aromatic nitrogens is 1. The third kappa shape index (κ3) is 3.93. The van der Waals surface area contributed by atoms with Crippen molar-refractivity contribution in [3.63, 3.8) is 0 Å². The number of benzene rings is 1. The minimum absolute atomic E-state index is 0.223. The molecule has 28 heavy (non-hydrogen) atoms. The van der Waals surface area contributed by atoms with Crippen LogP contribution in [0, 0.1) is 0 Å². The van der Waals surface area contributed by atoms with Gasteiger partial charge >= 0.3 is 0 Å². The third-order valence-electron chi connectivity index (χ3n) is 4.65. The SMILES string of the molecule is O=C(Nc1sc2c(c1C(=O)Nc1cccnc1)CCCC2)c1ccc(Cl)cc1.